The number of halogens is 2. The van der Waals surface area contributed by atoms with Gasteiger partial charge < -0.3 is 0 Å². The summed E-state index contributed by atoms with van der Waals surface area (Å²) in [5.74, 6) is 0. The van der Waals surface area contributed by atoms with Crippen LogP contribution >= 0.6 is 23.2 Å². The molecule has 0 aromatic carbocycles. The maximum absolute atomic E-state index is 5.49. The Labute approximate surface area is 54.1 Å². The van der Waals surface area contributed by atoms with Crippen molar-refractivity contribution in [1.29, 1.82) is 0 Å². The van der Waals surface area contributed by atoms with E-state index in [0.29, 0.717) is 0 Å². The smallest absolute Gasteiger partial charge is 0.0293 e. The van der Waals surface area contributed by atoms with E-state index in [-0.39, 0.29) is 0 Å². The van der Waals surface area contributed by atoms with Crippen molar-refractivity contribution < 1.29 is 0 Å². The summed E-state index contributed by atoms with van der Waals surface area (Å²) in [7, 11) is 0. The van der Waals surface area contributed by atoms with Gasteiger partial charge in [-0.15, -0.1) is 0 Å². The van der Waals surface area contributed by atoms with Crippen molar-refractivity contribution in [2.45, 2.75) is 19.8 Å². The molecule has 2 heteroatoms. The van der Waals surface area contributed by atoms with E-state index in [1.54, 1.807) is 0 Å². The Morgan fingerprint density at radius 2 is 2.29 bits per heavy atom. The molecular formula is C5H8Cl2. The van der Waals surface area contributed by atoms with Crippen LogP contribution in [-0.2, 0) is 0 Å². The molecule has 0 rings (SSSR count). The van der Waals surface area contributed by atoms with Gasteiger partial charge >= 0.3 is 0 Å². The lowest BCUT2D eigenvalue weighted by molar-refractivity contribution is 0.946. The molecule has 0 aliphatic rings. The van der Waals surface area contributed by atoms with Crippen molar-refractivity contribution >= 4 is 23.2 Å². The van der Waals surface area contributed by atoms with Gasteiger partial charge in [-0.2, -0.15) is 0 Å². The first-order chi connectivity index (χ1) is 3.31. The number of allylic oxidation sites excluding steroid dienone is 1. The van der Waals surface area contributed by atoms with Crippen molar-refractivity contribution in [1.82, 2.24) is 0 Å². The molecule has 0 spiro atoms. The van der Waals surface area contributed by atoms with E-state index in [0.717, 1.165) is 17.9 Å². The summed E-state index contributed by atoms with van der Waals surface area (Å²) in [6.07, 6.45) is 1.95. The van der Waals surface area contributed by atoms with Crippen molar-refractivity contribution in [3.63, 3.8) is 0 Å². The molecule has 0 fully saturated rings. The van der Waals surface area contributed by atoms with Crippen LogP contribution in [0, 0.1) is 0 Å². The van der Waals surface area contributed by atoms with Crippen LogP contribution in [-0.4, -0.2) is 0 Å². The molecule has 0 saturated heterocycles. The molecule has 0 amide bonds. The van der Waals surface area contributed by atoms with Crippen LogP contribution in [0.15, 0.2) is 10.6 Å². The van der Waals surface area contributed by atoms with Crippen LogP contribution < -0.4 is 0 Å². The van der Waals surface area contributed by atoms with Gasteiger partial charge in [0.25, 0.3) is 0 Å². The zero-order valence-electron chi connectivity index (χ0n) is 4.25. The van der Waals surface area contributed by atoms with Gasteiger partial charge in [0, 0.05) is 10.6 Å². The predicted molar refractivity (Wildman–Crippen MR) is 34.7 cm³/mol. The van der Waals surface area contributed by atoms with E-state index in [9.17, 15) is 0 Å². The Morgan fingerprint density at radius 1 is 1.71 bits per heavy atom. The second-order valence-corrected chi connectivity index (χ2v) is 2.01. The molecule has 0 bridgehead atoms. The summed E-state index contributed by atoms with van der Waals surface area (Å²) < 4.78 is 0. The number of rotatable bonds is 2. The van der Waals surface area contributed by atoms with E-state index < -0.39 is 0 Å². The Kier molecular flexibility index (Phi) is 4.68. The third kappa shape index (κ3) is 4.17. The summed E-state index contributed by atoms with van der Waals surface area (Å²) in [6.45, 7) is 2.06. The standard InChI is InChI=1S/C5H8Cl2/c1-2-3-5(7)4-6/h4H,2-3H2,1H3/b5-4-. The lowest BCUT2D eigenvalue weighted by atomic mass is 10.3. The van der Waals surface area contributed by atoms with Crippen LogP contribution in [0.1, 0.15) is 19.8 Å². The Hall–Kier alpha value is 0.320. The van der Waals surface area contributed by atoms with Crippen molar-refractivity contribution in [2.75, 3.05) is 0 Å². The summed E-state index contributed by atoms with van der Waals surface area (Å²) >= 11 is 10.7. The minimum Gasteiger partial charge on any atom is -0.0917 e. The first-order valence-electron chi connectivity index (χ1n) is 2.26. The Morgan fingerprint density at radius 3 is 2.43 bits per heavy atom. The normalized spacial score (nSPS) is 12.1. The third-order valence-corrected chi connectivity index (χ3v) is 1.28. The van der Waals surface area contributed by atoms with Gasteiger partial charge in [0.05, 0.1) is 0 Å². The van der Waals surface area contributed by atoms with E-state index in [1.807, 2.05) is 0 Å². The fraction of sp³-hybridized carbons (Fsp3) is 0.600. The highest BCUT2D eigenvalue weighted by Crippen LogP contribution is 2.09. The second-order valence-electron chi connectivity index (χ2n) is 1.31. The van der Waals surface area contributed by atoms with Gasteiger partial charge in [0.15, 0.2) is 0 Å². The third-order valence-electron chi connectivity index (χ3n) is 0.607. The fourth-order valence-corrected chi connectivity index (χ4v) is 0.591. The summed E-state index contributed by atoms with van der Waals surface area (Å²) in [4.78, 5) is 0. The SMILES string of the molecule is CCC/C(Cl)=C/Cl. The van der Waals surface area contributed by atoms with Crippen molar-refractivity contribution in [3.05, 3.63) is 10.6 Å². The lowest BCUT2D eigenvalue weighted by Gasteiger charge is -1.86. The van der Waals surface area contributed by atoms with Crippen molar-refractivity contribution in [2.24, 2.45) is 0 Å². The molecule has 0 aliphatic heterocycles. The fourth-order valence-electron chi connectivity index (χ4n) is 0.293. The van der Waals surface area contributed by atoms with Gasteiger partial charge in [0.1, 0.15) is 0 Å². The largest absolute Gasteiger partial charge is 0.0917 e. The minimum atomic E-state index is 0.740. The number of hydrogen-bond acceptors (Lipinski definition) is 0. The summed E-state index contributed by atoms with van der Waals surface area (Å²) in [5.41, 5.74) is 1.41. The molecule has 0 radical (unpaired) electrons. The lowest BCUT2D eigenvalue weighted by Crippen LogP contribution is -1.65. The second kappa shape index (κ2) is 4.48. The first-order valence-corrected chi connectivity index (χ1v) is 3.07. The van der Waals surface area contributed by atoms with E-state index in [1.165, 1.54) is 5.54 Å². The highest BCUT2D eigenvalue weighted by Gasteiger charge is 1.84. The van der Waals surface area contributed by atoms with Crippen LogP contribution in [0.3, 0.4) is 0 Å². The van der Waals surface area contributed by atoms with Gasteiger partial charge in [-0.1, -0.05) is 36.5 Å². The van der Waals surface area contributed by atoms with Crippen LogP contribution in [0.25, 0.3) is 0 Å². The van der Waals surface area contributed by atoms with Gasteiger partial charge in [-0.05, 0) is 6.42 Å². The zero-order chi connectivity index (χ0) is 5.70. The summed E-state index contributed by atoms with van der Waals surface area (Å²) in [6, 6.07) is 0. The molecule has 0 aliphatic carbocycles. The highest BCUT2D eigenvalue weighted by atomic mass is 35.5. The van der Waals surface area contributed by atoms with E-state index >= 15 is 0 Å². The molecule has 0 nitrogen and oxygen atoms in total. The zero-order valence-corrected chi connectivity index (χ0v) is 5.76. The molecule has 0 aromatic heterocycles. The van der Waals surface area contributed by atoms with Crippen LogP contribution in [0.4, 0.5) is 0 Å². The molecular weight excluding hydrogens is 131 g/mol. The van der Waals surface area contributed by atoms with Crippen LogP contribution in [0.5, 0.6) is 0 Å². The molecule has 0 unspecified atom stereocenters. The highest BCUT2D eigenvalue weighted by molar-refractivity contribution is 6.36. The van der Waals surface area contributed by atoms with Crippen LogP contribution in [0.2, 0.25) is 0 Å². The van der Waals surface area contributed by atoms with Gasteiger partial charge in [-0.3, -0.25) is 0 Å². The minimum absolute atomic E-state index is 0.740. The maximum atomic E-state index is 5.49. The average molecular weight is 139 g/mol. The quantitative estimate of drug-likeness (QED) is 0.551. The monoisotopic (exact) mass is 138 g/mol. The summed E-state index contributed by atoms with van der Waals surface area (Å²) in [5, 5.41) is 0.740. The number of hydrogen-bond donors (Lipinski definition) is 0. The molecule has 0 atom stereocenters. The Balaban J connectivity index is 3.17. The first kappa shape index (κ1) is 7.32. The predicted octanol–water partition coefficient (Wildman–Crippen LogP) is 3.11. The van der Waals surface area contributed by atoms with E-state index in [4.69, 9.17) is 23.2 Å². The topological polar surface area (TPSA) is 0 Å². The molecule has 0 aromatic rings. The van der Waals surface area contributed by atoms with Gasteiger partial charge in [0.2, 0.25) is 0 Å². The molecule has 0 heterocycles. The molecule has 7 heavy (non-hydrogen) atoms. The molecule has 42 valence electrons. The molecule has 0 saturated carbocycles. The van der Waals surface area contributed by atoms with Crippen molar-refractivity contribution in [3.8, 4) is 0 Å². The van der Waals surface area contributed by atoms with Gasteiger partial charge in [-0.25, -0.2) is 0 Å². The maximum Gasteiger partial charge on any atom is 0.0293 e. The van der Waals surface area contributed by atoms with E-state index in [2.05, 4.69) is 6.92 Å². The molecule has 0 N–H and O–H groups in total. The Bertz CT molecular complexity index is 66.5. The average Bonchev–Trinajstić information content (AvgIpc) is 1.68.